The van der Waals surface area contributed by atoms with Crippen LogP contribution in [0.3, 0.4) is 0 Å². The van der Waals surface area contributed by atoms with E-state index in [0.717, 1.165) is 12.8 Å². The molecule has 0 radical (unpaired) electrons. The summed E-state index contributed by atoms with van der Waals surface area (Å²) >= 11 is 0. The number of hydrogen-bond acceptors (Lipinski definition) is 3. The predicted octanol–water partition coefficient (Wildman–Crippen LogP) is 0.618. The van der Waals surface area contributed by atoms with Crippen LogP contribution >= 0.6 is 0 Å². The molecule has 0 bridgehead atoms. The van der Waals surface area contributed by atoms with E-state index in [1.54, 1.807) is 4.90 Å². The van der Waals surface area contributed by atoms with Gasteiger partial charge in [-0.25, -0.2) is 0 Å². The molecular formula is C15H27N3O3. The first kappa shape index (κ1) is 17.5. The van der Waals surface area contributed by atoms with Crippen molar-refractivity contribution in [1.29, 1.82) is 0 Å². The SMILES string of the molecule is C[C@H]1CCCN(C(=O)C(=O)N(C)CC(=O)NC(C)(C)C)C1. The van der Waals surface area contributed by atoms with Gasteiger partial charge in [-0.3, -0.25) is 14.4 Å². The topological polar surface area (TPSA) is 69.7 Å². The van der Waals surface area contributed by atoms with Crippen molar-refractivity contribution in [2.45, 2.75) is 46.1 Å². The van der Waals surface area contributed by atoms with Crippen molar-refractivity contribution in [3.8, 4) is 0 Å². The van der Waals surface area contributed by atoms with Gasteiger partial charge in [0.1, 0.15) is 0 Å². The fourth-order valence-corrected chi connectivity index (χ4v) is 2.42. The summed E-state index contributed by atoms with van der Waals surface area (Å²) in [5.74, 6) is -0.969. The maximum absolute atomic E-state index is 12.2. The minimum Gasteiger partial charge on any atom is -0.350 e. The molecule has 1 saturated heterocycles. The zero-order chi connectivity index (χ0) is 16.2. The third kappa shape index (κ3) is 5.73. The summed E-state index contributed by atoms with van der Waals surface area (Å²) in [5.41, 5.74) is -0.354. The molecule has 0 aromatic carbocycles. The molecule has 0 aromatic heterocycles. The van der Waals surface area contributed by atoms with Crippen LogP contribution in [0.5, 0.6) is 0 Å². The van der Waals surface area contributed by atoms with Crippen LogP contribution in [0.4, 0.5) is 0 Å². The lowest BCUT2D eigenvalue weighted by molar-refractivity contribution is -0.152. The van der Waals surface area contributed by atoms with Crippen LogP contribution in [0.1, 0.15) is 40.5 Å². The Morgan fingerprint density at radius 1 is 1.29 bits per heavy atom. The van der Waals surface area contributed by atoms with E-state index in [1.165, 1.54) is 11.9 Å². The summed E-state index contributed by atoms with van der Waals surface area (Å²) < 4.78 is 0. The van der Waals surface area contributed by atoms with Crippen LogP contribution in [-0.2, 0) is 14.4 Å². The smallest absolute Gasteiger partial charge is 0.312 e. The van der Waals surface area contributed by atoms with Crippen LogP contribution in [0.2, 0.25) is 0 Å². The van der Waals surface area contributed by atoms with Crippen molar-refractivity contribution in [3.63, 3.8) is 0 Å². The van der Waals surface area contributed by atoms with E-state index in [0.29, 0.717) is 19.0 Å². The molecule has 1 fully saturated rings. The van der Waals surface area contributed by atoms with Gasteiger partial charge in [0.2, 0.25) is 5.91 Å². The largest absolute Gasteiger partial charge is 0.350 e. The molecule has 1 heterocycles. The number of nitrogens with zero attached hydrogens (tertiary/aromatic N) is 2. The Bertz CT molecular complexity index is 415. The summed E-state index contributed by atoms with van der Waals surface area (Å²) in [5, 5.41) is 2.77. The average molecular weight is 297 g/mol. The molecule has 6 heteroatoms. The predicted molar refractivity (Wildman–Crippen MR) is 80.5 cm³/mol. The fourth-order valence-electron chi connectivity index (χ4n) is 2.42. The number of carbonyl (C=O) groups is 3. The summed E-state index contributed by atoms with van der Waals surface area (Å²) in [6, 6.07) is 0. The maximum atomic E-state index is 12.2. The van der Waals surface area contributed by atoms with Crippen LogP contribution in [0, 0.1) is 5.92 Å². The number of piperidine rings is 1. The van der Waals surface area contributed by atoms with Gasteiger partial charge in [-0.2, -0.15) is 0 Å². The van der Waals surface area contributed by atoms with E-state index >= 15 is 0 Å². The third-order valence-corrected chi connectivity index (χ3v) is 3.37. The molecule has 1 rings (SSSR count). The highest BCUT2D eigenvalue weighted by Crippen LogP contribution is 2.15. The maximum Gasteiger partial charge on any atom is 0.312 e. The van der Waals surface area contributed by atoms with E-state index in [1.807, 2.05) is 20.8 Å². The minimum atomic E-state index is -0.617. The number of nitrogens with one attached hydrogen (secondary N) is 1. The van der Waals surface area contributed by atoms with E-state index in [4.69, 9.17) is 0 Å². The first-order valence-corrected chi connectivity index (χ1v) is 7.45. The van der Waals surface area contributed by atoms with Crippen molar-refractivity contribution in [1.82, 2.24) is 15.1 Å². The molecule has 1 aliphatic heterocycles. The van der Waals surface area contributed by atoms with Crippen molar-refractivity contribution in [2.75, 3.05) is 26.7 Å². The van der Waals surface area contributed by atoms with E-state index in [9.17, 15) is 14.4 Å². The first-order valence-electron chi connectivity index (χ1n) is 7.45. The van der Waals surface area contributed by atoms with Crippen LogP contribution in [-0.4, -0.2) is 59.7 Å². The quantitative estimate of drug-likeness (QED) is 0.760. The molecular weight excluding hydrogens is 270 g/mol. The molecule has 1 atom stereocenters. The van der Waals surface area contributed by atoms with Crippen molar-refractivity contribution < 1.29 is 14.4 Å². The molecule has 6 nitrogen and oxygen atoms in total. The second kappa shape index (κ2) is 6.91. The second-order valence-electron chi connectivity index (χ2n) is 6.96. The zero-order valence-corrected chi connectivity index (χ0v) is 13.7. The highest BCUT2D eigenvalue weighted by atomic mass is 16.2. The van der Waals surface area contributed by atoms with Crippen molar-refractivity contribution in [2.24, 2.45) is 5.92 Å². The summed E-state index contributed by atoms with van der Waals surface area (Å²) in [7, 11) is 1.48. The van der Waals surface area contributed by atoms with E-state index in [-0.39, 0.29) is 18.0 Å². The lowest BCUT2D eigenvalue weighted by Crippen LogP contribution is -2.51. The molecule has 0 spiro atoms. The highest BCUT2D eigenvalue weighted by Gasteiger charge is 2.29. The number of rotatable bonds is 2. The van der Waals surface area contributed by atoms with Gasteiger partial charge < -0.3 is 15.1 Å². The molecule has 1 N–H and O–H groups in total. The van der Waals surface area contributed by atoms with Gasteiger partial charge in [0, 0.05) is 25.7 Å². The van der Waals surface area contributed by atoms with Gasteiger partial charge in [-0.05, 0) is 39.5 Å². The Hall–Kier alpha value is -1.59. The molecule has 3 amide bonds. The molecule has 0 unspecified atom stereocenters. The molecule has 0 aromatic rings. The lowest BCUT2D eigenvalue weighted by Gasteiger charge is -2.31. The standard InChI is InChI=1S/C15H27N3O3/c1-11-7-6-8-18(9-11)14(21)13(20)17(5)10-12(19)16-15(2,3)4/h11H,6-10H2,1-5H3,(H,16,19)/t11-/m0/s1. The Labute approximate surface area is 126 Å². The highest BCUT2D eigenvalue weighted by molar-refractivity contribution is 6.35. The monoisotopic (exact) mass is 297 g/mol. The number of carbonyl (C=O) groups excluding carboxylic acids is 3. The van der Waals surface area contributed by atoms with Gasteiger partial charge >= 0.3 is 11.8 Å². The number of hydrogen-bond donors (Lipinski definition) is 1. The molecule has 120 valence electrons. The van der Waals surface area contributed by atoms with Gasteiger partial charge in [-0.1, -0.05) is 6.92 Å². The third-order valence-electron chi connectivity index (χ3n) is 3.37. The summed E-state index contributed by atoms with van der Waals surface area (Å²) in [6.45, 7) is 8.81. The van der Waals surface area contributed by atoms with Gasteiger partial charge in [-0.15, -0.1) is 0 Å². The zero-order valence-electron chi connectivity index (χ0n) is 13.7. The van der Waals surface area contributed by atoms with Gasteiger partial charge in [0.25, 0.3) is 0 Å². The normalized spacial score (nSPS) is 19.1. The average Bonchev–Trinajstić information content (AvgIpc) is 2.34. The lowest BCUT2D eigenvalue weighted by atomic mass is 10.0. The number of likely N-dealkylation sites (N-methyl/N-ethyl adjacent to an activating group) is 1. The van der Waals surface area contributed by atoms with Gasteiger partial charge in [0.15, 0.2) is 0 Å². The Balaban J connectivity index is 2.53. The number of likely N-dealkylation sites (tertiary alicyclic amines) is 1. The first-order chi connectivity index (χ1) is 9.60. The summed E-state index contributed by atoms with van der Waals surface area (Å²) in [4.78, 5) is 38.8. The molecule has 0 saturated carbocycles. The molecule has 21 heavy (non-hydrogen) atoms. The van der Waals surface area contributed by atoms with Crippen LogP contribution in [0.25, 0.3) is 0 Å². The number of amides is 3. The second-order valence-corrected chi connectivity index (χ2v) is 6.96. The molecule has 1 aliphatic rings. The van der Waals surface area contributed by atoms with Crippen LogP contribution < -0.4 is 5.32 Å². The van der Waals surface area contributed by atoms with E-state index < -0.39 is 11.8 Å². The Morgan fingerprint density at radius 3 is 2.43 bits per heavy atom. The van der Waals surface area contributed by atoms with E-state index in [2.05, 4.69) is 12.2 Å². The van der Waals surface area contributed by atoms with Crippen LogP contribution in [0.15, 0.2) is 0 Å². The minimum absolute atomic E-state index is 0.106. The van der Waals surface area contributed by atoms with Crippen molar-refractivity contribution >= 4 is 17.7 Å². The fraction of sp³-hybridized carbons (Fsp3) is 0.800. The van der Waals surface area contributed by atoms with Gasteiger partial charge in [0.05, 0.1) is 6.54 Å². The van der Waals surface area contributed by atoms with Crippen molar-refractivity contribution in [3.05, 3.63) is 0 Å². The molecule has 0 aliphatic carbocycles. The summed E-state index contributed by atoms with van der Waals surface area (Å²) in [6.07, 6.45) is 2.01. The Morgan fingerprint density at radius 2 is 1.90 bits per heavy atom. The Kier molecular flexibility index (Phi) is 5.75.